The average Bonchev–Trinajstić information content (AvgIpc) is 1.30. The van der Waals surface area contributed by atoms with E-state index in [0.717, 1.165) is 0 Å². The van der Waals surface area contributed by atoms with Crippen molar-refractivity contribution in [2.45, 2.75) is 0 Å². The van der Waals surface area contributed by atoms with E-state index in [1.165, 1.54) is 0 Å². The van der Waals surface area contributed by atoms with Gasteiger partial charge in [0.1, 0.15) is 0 Å². The summed E-state index contributed by atoms with van der Waals surface area (Å²) in [4.78, 5) is 0. The van der Waals surface area contributed by atoms with Crippen LogP contribution in [0.2, 0.25) is 0 Å². The fourth-order valence-electron chi connectivity index (χ4n) is 0.0608. The molecule has 0 aromatic rings. The second-order valence-electron chi connectivity index (χ2n) is 0.818. The molecular formula is CH3O4S2+. The van der Waals surface area contributed by atoms with Crippen LogP contribution in [0.25, 0.3) is 0 Å². The van der Waals surface area contributed by atoms with E-state index in [1.807, 2.05) is 0 Å². The number of hydrogen-bond donors (Lipinski definition) is 1. The number of hydrogen-bond acceptors (Lipinski definition) is 3. The van der Waals surface area contributed by atoms with Crippen LogP contribution in [0.5, 0.6) is 0 Å². The minimum Gasteiger partial charge on any atom is -0.281 e. The van der Waals surface area contributed by atoms with Crippen molar-refractivity contribution in [2.24, 2.45) is 0 Å². The summed E-state index contributed by atoms with van der Waals surface area (Å²) >= 11 is -0.179. The van der Waals surface area contributed by atoms with Gasteiger partial charge >= 0.3 is 26.9 Å². The molecule has 0 aliphatic heterocycles. The molecule has 0 atom stereocenters. The summed E-state index contributed by atoms with van der Waals surface area (Å²) in [6.45, 7) is 0. The Morgan fingerprint density at radius 3 is 2.00 bits per heavy atom. The Kier molecular flexibility index (Phi) is 2.27. The van der Waals surface area contributed by atoms with Gasteiger partial charge in [0.25, 0.3) is 0 Å². The van der Waals surface area contributed by atoms with Gasteiger partial charge < -0.3 is 0 Å². The first kappa shape index (κ1) is 6.93. The van der Waals surface area contributed by atoms with Crippen molar-refractivity contribution in [2.75, 3.05) is 5.08 Å². The molecule has 1 N–H and O–H groups in total. The lowest BCUT2D eigenvalue weighted by molar-refractivity contribution is 0.488. The summed E-state index contributed by atoms with van der Waals surface area (Å²) in [6, 6.07) is 0. The number of rotatable bonds is 2. The molecule has 0 aromatic heterocycles. The smallest absolute Gasteiger partial charge is 0.281 e. The Morgan fingerprint density at radius 1 is 1.57 bits per heavy atom. The summed E-state index contributed by atoms with van der Waals surface area (Å²) in [6.07, 6.45) is 0. The normalized spacial score (nSPS) is 11.0. The van der Waals surface area contributed by atoms with Crippen LogP contribution in [0.4, 0.5) is 0 Å². The molecule has 4 nitrogen and oxygen atoms in total. The molecule has 0 spiro atoms. The Hall–Kier alpha value is -0.0700. The van der Waals surface area contributed by atoms with Gasteiger partial charge in [-0.1, -0.05) is 0 Å². The Bertz CT molecular complexity index is 143. The molecule has 0 fully saturated rings. The standard InChI is InChI=1S/CH2O4S2/c2-6-1-7(3,4)5/h1H2/p+1. The zero-order valence-electron chi connectivity index (χ0n) is 3.20. The molecule has 0 unspecified atom stereocenters. The molecule has 0 saturated carbocycles. The molecule has 0 saturated heterocycles. The van der Waals surface area contributed by atoms with Crippen LogP contribution < -0.4 is 0 Å². The zero-order valence-corrected chi connectivity index (χ0v) is 4.83. The van der Waals surface area contributed by atoms with Crippen molar-refractivity contribution in [3.63, 3.8) is 0 Å². The highest BCUT2D eigenvalue weighted by Crippen LogP contribution is 1.75. The van der Waals surface area contributed by atoms with Crippen LogP contribution >= 0.6 is 0 Å². The van der Waals surface area contributed by atoms with Gasteiger partial charge in [-0.25, -0.2) is 0 Å². The molecule has 0 rings (SSSR count). The molecule has 0 aliphatic rings. The summed E-state index contributed by atoms with van der Waals surface area (Å²) < 4.78 is 36.2. The maximum atomic E-state index is 9.57. The first-order chi connectivity index (χ1) is 3.06. The van der Waals surface area contributed by atoms with Crippen molar-refractivity contribution in [3.05, 3.63) is 0 Å². The summed E-state index contributed by atoms with van der Waals surface area (Å²) in [5.74, 6) is 0. The van der Waals surface area contributed by atoms with Crippen molar-refractivity contribution in [1.82, 2.24) is 0 Å². The maximum absolute atomic E-state index is 9.57. The first-order valence-electron chi connectivity index (χ1n) is 1.26. The van der Waals surface area contributed by atoms with Gasteiger partial charge in [0.2, 0.25) is 0 Å². The molecule has 0 heterocycles. The van der Waals surface area contributed by atoms with Gasteiger partial charge in [0, 0.05) is 4.21 Å². The van der Waals surface area contributed by atoms with Gasteiger partial charge in [-0.3, -0.25) is 4.55 Å². The highest BCUT2D eigenvalue weighted by atomic mass is 32.3. The van der Waals surface area contributed by atoms with E-state index in [1.54, 1.807) is 0 Å². The minimum atomic E-state index is -4.02. The lowest BCUT2D eigenvalue weighted by Gasteiger charge is -1.70. The van der Waals surface area contributed by atoms with Gasteiger partial charge in [0.05, 0.1) is 0 Å². The van der Waals surface area contributed by atoms with E-state index in [2.05, 4.69) is 0 Å². The average molecular weight is 143 g/mol. The molecule has 0 amide bonds. The monoisotopic (exact) mass is 143 g/mol. The predicted octanol–water partition coefficient (Wildman–Crippen LogP) is -0.740. The van der Waals surface area contributed by atoms with E-state index in [4.69, 9.17) is 4.55 Å². The first-order valence-corrected chi connectivity index (χ1v) is 3.78. The van der Waals surface area contributed by atoms with Crippen molar-refractivity contribution in [3.8, 4) is 0 Å². The second kappa shape index (κ2) is 2.29. The summed E-state index contributed by atoms with van der Waals surface area (Å²) in [5.41, 5.74) is 0. The fraction of sp³-hybridized carbons (Fsp3) is 1.00. The second-order valence-corrected chi connectivity index (χ2v) is 3.16. The highest BCUT2D eigenvalue weighted by molar-refractivity contribution is 7.95. The van der Waals surface area contributed by atoms with Crippen LogP contribution in [0.15, 0.2) is 0 Å². The van der Waals surface area contributed by atoms with E-state index in [9.17, 15) is 12.6 Å². The van der Waals surface area contributed by atoms with Crippen LogP contribution in [0.1, 0.15) is 0 Å². The Morgan fingerprint density at radius 2 is 2.00 bits per heavy atom. The summed E-state index contributed by atoms with van der Waals surface area (Å²) in [7, 11) is -4.02. The van der Waals surface area contributed by atoms with E-state index >= 15 is 0 Å². The lowest BCUT2D eigenvalue weighted by Crippen LogP contribution is -2.00. The van der Waals surface area contributed by atoms with Gasteiger partial charge in [-0.2, -0.15) is 8.42 Å². The quantitative estimate of drug-likeness (QED) is 0.408. The van der Waals surface area contributed by atoms with Crippen LogP contribution in [-0.2, 0) is 26.0 Å². The highest BCUT2D eigenvalue weighted by Gasteiger charge is 2.12. The third kappa shape index (κ3) is 5.93. The third-order valence-corrected chi connectivity index (χ3v) is 1.77. The SMILES string of the molecule is O=[S+]CS(=O)(=O)O. The lowest BCUT2D eigenvalue weighted by atomic mass is 11.9. The minimum absolute atomic E-state index is 0.179. The van der Waals surface area contributed by atoms with Gasteiger partial charge in [0.15, 0.2) is 0 Å². The molecular weight excluding hydrogens is 140 g/mol. The molecule has 0 bridgehead atoms. The largest absolute Gasteiger partial charge is 0.478 e. The molecule has 0 aromatic carbocycles. The van der Waals surface area contributed by atoms with E-state index in [-0.39, 0.29) is 11.7 Å². The van der Waals surface area contributed by atoms with E-state index in [0.29, 0.717) is 0 Å². The van der Waals surface area contributed by atoms with Crippen molar-refractivity contribution >= 4 is 21.8 Å². The third-order valence-electron chi connectivity index (χ3n) is 0.197. The van der Waals surface area contributed by atoms with Crippen molar-refractivity contribution in [1.29, 1.82) is 0 Å². The Labute approximate surface area is 44.8 Å². The summed E-state index contributed by atoms with van der Waals surface area (Å²) in [5, 5.41) is -0.771. The Balaban J connectivity index is 3.84. The molecule has 7 heavy (non-hydrogen) atoms. The van der Waals surface area contributed by atoms with Crippen LogP contribution in [0, 0.1) is 0 Å². The maximum Gasteiger partial charge on any atom is 0.478 e. The fourth-order valence-corrected chi connectivity index (χ4v) is 0.547. The molecule has 42 valence electrons. The molecule has 6 heteroatoms. The van der Waals surface area contributed by atoms with Crippen molar-refractivity contribution < 1.29 is 17.2 Å². The molecule has 0 radical (unpaired) electrons. The topological polar surface area (TPSA) is 71.4 Å². The van der Waals surface area contributed by atoms with Crippen LogP contribution in [0.3, 0.4) is 0 Å². The van der Waals surface area contributed by atoms with Gasteiger partial charge in [-0.15, -0.1) is 0 Å². The zero-order chi connectivity index (χ0) is 5.91. The van der Waals surface area contributed by atoms with Gasteiger partial charge in [-0.05, 0) is 0 Å². The van der Waals surface area contributed by atoms with Crippen LogP contribution in [-0.4, -0.2) is 18.1 Å². The van der Waals surface area contributed by atoms with E-state index < -0.39 is 15.2 Å². The predicted molar refractivity (Wildman–Crippen MR) is 24.5 cm³/mol. The molecule has 0 aliphatic carbocycles.